The Labute approximate surface area is 183 Å². The van der Waals surface area contributed by atoms with Crippen LogP contribution >= 0.6 is 34.5 Å². The highest BCUT2D eigenvalue weighted by molar-refractivity contribution is 7.19. The normalized spacial score (nSPS) is 11.1. The third kappa shape index (κ3) is 4.04. The number of halogens is 2. The van der Waals surface area contributed by atoms with Gasteiger partial charge in [-0.05, 0) is 56.7 Å². The molecule has 1 N–H and O–H groups in total. The predicted octanol–water partition coefficient (Wildman–Crippen LogP) is 7.42. The molecule has 0 unspecified atom stereocenters. The molecule has 4 rings (SSSR count). The largest absolute Gasteiger partial charge is 0.494 e. The highest BCUT2D eigenvalue weighted by Gasteiger charge is 2.18. The summed E-state index contributed by atoms with van der Waals surface area (Å²) in [5.74, 6) is 2.26. The Hall–Kier alpha value is -2.34. The molecule has 0 spiro atoms. The molecule has 0 radical (unpaired) electrons. The van der Waals surface area contributed by atoms with Gasteiger partial charge in [-0.2, -0.15) is 0 Å². The van der Waals surface area contributed by atoms with Gasteiger partial charge in [0, 0.05) is 15.5 Å². The van der Waals surface area contributed by atoms with Gasteiger partial charge in [-0.3, -0.25) is 0 Å². The Morgan fingerprint density at radius 1 is 1.03 bits per heavy atom. The molecule has 0 aliphatic rings. The Bertz CT molecular complexity index is 1190. The number of thiophene rings is 1. The quantitative estimate of drug-likeness (QED) is 0.348. The lowest BCUT2D eigenvalue weighted by Gasteiger charge is -2.12. The smallest absolute Gasteiger partial charge is 0.143 e. The van der Waals surface area contributed by atoms with Crippen molar-refractivity contribution in [2.24, 2.45) is 0 Å². The van der Waals surface area contributed by atoms with Crippen molar-refractivity contribution in [3.8, 4) is 16.9 Å². The molecule has 4 nitrogen and oxygen atoms in total. The van der Waals surface area contributed by atoms with Gasteiger partial charge in [0.25, 0.3) is 0 Å². The van der Waals surface area contributed by atoms with Gasteiger partial charge in [-0.25, -0.2) is 9.97 Å². The average molecular weight is 444 g/mol. The number of hydrogen-bond acceptors (Lipinski definition) is 5. The van der Waals surface area contributed by atoms with Crippen LogP contribution in [0.4, 0.5) is 11.5 Å². The third-order valence-corrected chi connectivity index (χ3v) is 6.04. The topological polar surface area (TPSA) is 47.0 Å². The van der Waals surface area contributed by atoms with Gasteiger partial charge in [0.2, 0.25) is 0 Å². The molecule has 0 aliphatic carbocycles. The number of nitrogens with zero attached hydrogens (tertiary/aromatic N) is 2. The summed E-state index contributed by atoms with van der Waals surface area (Å²) in [5, 5.41) is 5.52. The van der Waals surface area contributed by atoms with E-state index in [2.05, 4.69) is 34.3 Å². The zero-order valence-corrected chi connectivity index (χ0v) is 18.5. The van der Waals surface area contributed by atoms with Gasteiger partial charge < -0.3 is 10.1 Å². The Balaban J connectivity index is 1.88. The first-order chi connectivity index (χ1) is 14.0. The summed E-state index contributed by atoms with van der Waals surface area (Å²) in [6.07, 6.45) is 0. The van der Waals surface area contributed by atoms with E-state index in [0.29, 0.717) is 34.0 Å². The number of nitrogens with one attached hydrogen (secondary N) is 1. The third-order valence-electron chi connectivity index (χ3n) is 4.47. The number of benzene rings is 2. The Morgan fingerprint density at radius 2 is 1.79 bits per heavy atom. The molecule has 29 heavy (non-hydrogen) atoms. The van der Waals surface area contributed by atoms with Crippen molar-refractivity contribution < 1.29 is 4.74 Å². The lowest BCUT2D eigenvalue weighted by molar-refractivity contribution is 0.340. The van der Waals surface area contributed by atoms with Crippen LogP contribution in [0, 0.1) is 13.8 Å². The van der Waals surface area contributed by atoms with Crippen LogP contribution in [0.2, 0.25) is 10.0 Å². The molecule has 0 saturated carbocycles. The van der Waals surface area contributed by atoms with Gasteiger partial charge in [-0.1, -0.05) is 35.3 Å². The van der Waals surface area contributed by atoms with Crippen LogP contribution in [0.5, 0.6) is 5.75 Å². The molecular weight excluding hydrogens is 425 g/mol. The fourth-order valence-corrected chi connectivity index (χ4v) is 4.69. The van der Waals surface area contributed by atoms with E-state index in [-0.39, 0.29) is 0 Å². The minimum Gasteiger partial charge on any atom is -0.494 e. The molecule has 0 fully saturated rings. The Morgan fingerprint density at radius 3 is 2.52 bits per heavy atom. The van der Waals surface area contributed by atoms with Gasteiger partial charge in [0.05, 0.1) is 22.7 Å². The van der Waals surface area contributed by atoms with Gasteiger partial charge in [0.15, 0.2) is 0 Å². The van der Waals surface area contributed by atoms with Crippen LogP contribution < -0.4 is 10.1 Å². The predicted molar refractivity (Wildman–Crippen MR) is 123 cm³/mol. The summed E-state index contributed by atoms with van der Waals surface area (Å²) in [7, 11) is 0. The van der Waals surface area contributed by atoms with E-state index in [1.54, 1.807) is 29.5 Å². The number of fused-ring (bicyclic) bond motifs is 1. The van der Waals surface area contributed by atoms with Crippen molar-refractivity contribution in [1.29, 1.82) is 0 Å². The van der Waals surface area contributed by atoms with Gasteiger partial charge in [0.1, 0.15) is 22.2 Å². The maximum atomic E-state index is 6.37. The monoisotopic (exact) mass is 443 g/mol. The lowest BCUT2D eigenvalue weighted by atomic mass is 10.0. The number of aromatic nitrogens is 2. The standard InChI is InChI=1S/C22H19Cl2N3OS/c1-4-28-16-8-5-14(6-9-16)19-12(2)29-22-20(19)21(25-13(3)26-22)27-18-11-15(23)7-10-17(18)24/h5-11H,4H2,1-3H3,(H,25,26,27). The highest BCUT2D eigenvalue weighted by Crippen LogP contribution is 2.42. The maximum Gasteiger partial charge on any atom is 0.143 e. The first kappa shape index (κ1) is 20.0. The second kappa shape index (κ2) is 8.19. The van der Waals surface area contributed by atoms with E-state index >= 15 is 0 Å². The minimum atomic E-state index is 0.577. The molecule has 0 saturated heterocycles. The average Bonchev–Trinajstić information content (AvgIpc) is 3.01. The zero-order chi connectivity index (χ0) is 20.5. The van der Waals surface area contributed by atoms with Crippen LogP contribution in [-0.4, -0.2) is 16.6 Å². The van der Waals surface area contributed by atoms with Crippen LogP contribution in [0.3, 0.4) is 0 Å². The number of rotatable bonds is 5. The lowest BCUT2D eigenvalue weighted by Crippen LogP contribution is -1.99. The second-order valence-electron chi connectivity index (χ2n) is 6.54. The van der Waals surface area contributed by atoms with E-state index < -0.39 is 0 Å². The molecule has 7 heteroatoms. The summed E-state index contributed by atoms with van der Waals surface area (Å²) in [5.41, 5.74) is 2.90. The molecular formula is C22H19Cl2N3OS. The van der Waals surface area contributed by atoms with E-state index in [1.165, 1.54) is 4.88 Å². The second-order valence-corrected chi connectivity index (χ2v) is 8.59. The maximum absolute atomic E-state index is 6.37. The van der Waals surface area contributed by atoms with Crippen LogP contribution in [0.15, 0.2) is 42.5 Å². The van der Waals surface area contributed by atoms with Gasteiger partial charge >= 0.3 is 0 Å². The first-order valence-electron chi connectivity index (χ1n) is 9.19. The SMILES string of the molecule is CCOc1ccc(-c2c(C)sc3nc(C)nc(Nc4cc(Cl)ccc4Cl)c23)cc1. The summed E-state index contributed by atoms with van der Waals surface area (Å²) in [6, 6.07) is 13.4. The van der Waals surface area contributed by atoms with Gasteiger partial charge in [-0.15, -0.1) is 11.3 Å². The van der Waals surface area contributed by atoms with Crippen molar-refractivity contribution >= 4 is 56.3 Å². The van der Waals surface area contributed by atoms with Crippen LogP contribution in [0.1, 0.15) is 17.6 Å². The van der Waals surface area contributed by atoms with E-state index in [1.807, 2.05) is 26.0 Å². The molecule has 2 aromatic heterocycles. The number of anilines is 2. The van der Waals surface area contributed by atoms with Crippen LogP contribution in [-0.2, 0) is 0 Å². The summed E-state index contributed by atoms with van der Waals surface area (Å²) >= 11 is 14.2. The van der Waals surface area contributed by atoms with Crippen LogP contribution in [0.25, 0.3) is 21.3 Å². The van der Waals surface area contributed by atoms with E-state index in [0.717, 1.165) is 27.1 Å². The summed E-state index contributed by atoms with van der Waals surface area (Å²) < 4.78 is 5.58. The molecule has 148 valence electrons. The highest BCUT2D eigenvalue weighted by atomic mass is 35.5. The molecule has 0 atom stereocenters. The van der Waals surface area contributed by atoms with E-state index in [9.17, 15) is 0 Å². The Kier molecular flexibility index (Phi) is 5.63. The van der Waals surface area contributed by atoms with Crippen molar-refractivity contribution in [3.63, 3.8) is 0 Å². The molecule has 0 bridgehead atoms. The molecule has 4 aromatic rings. The van der Waals surface area contributed by atoms with Crippen molar-refractivity contribution in [2.75, 3.05) is 11.9 Å². The first-order valence-corrected chi connectivity index (χ1v) is 10.8. The van der Waals surface area contributed by atoms with E-state index in [4.69, 9.17) is 27.9 Å². The molecule has 2 heterocycles. The molecule has 0 amide bonds. The number of hydrogen-bond donors (Lipinski definition) is 1. The zero-order valence-electron chi connectivity index (χ0n) is 16.2. The fourth-order valence-electron chi connectivity index (χ4n) is 3.26. The summed E-state index contributed by atoms with van der Waals surface area (Å²) in [4.78, 5) is 11.4. The minimum absolute atomic E-state index is 0.577. The molecule has 0 aliphatic heterocycles. The number of aryl methyl sites for hydroxylation is 2. The number of ether oxygens (including phenoxy) is 1. The van der Waals surface area contributed by atoms with Crippen molar-refractivity contribution in [1.82, 2.24) is 9.97 Å². The summed E-state index contributed by atoms with van der Waals surface area (Å²) in [6.45, 7) is 6.60. The fraction of sp³-hybridized carbons (Fsp3) is 0.182. The van der Waals surface area contributed by atoms with Crippen molar-refractivity contribution in [2.45, 2.75) is 20.8 Å². The molecule has 2 aromatic carbocycles. The van der Waals surface area contributed by atoms with Crippen molar-refractivity contribution in [3.05, 3.63) is 63.2 Å².